The number of hydrogen-bond donors (Lipinski definition) is 0. The molecule has 40 heavy (non-hydrogen) atoms. The molecule has 218 valence electrons. The van der Waals surface area contributed by atoms with Gasteiger partial charge in [-0.15, -0.1) is 0 Å². The molecular weight excluding hydrogens is 518 g/mol. The van der Waals surface area contributed by atoms with E-state index in [-0.39, 0.29) is 16.9 Å². The number of rotatable bonds is 7. The van der Waals surface area contributed by atoms with Gasteiger partial charge in [0.25, 0.3) is 0 Å². The first-order valence-corrected chi connectivity index (χ1v) is 17.4. The monoisotopic (exact) mass is 565 g/mol. The fraction of sp³-hybridized carbons (Fsp3) is 0.562. The quantitative estimate of drug-likeness (QED) is 0.169. The molecule has 0 saturated heterocycles. The summed E-state index contributed by atoms with van der Waals surface area (Å²) in [7, 11) is 0.0922. The normalized spacial score (nSPS) is 15.9. The maximum Gasteiger partial charge on any atom is 0.355 e. The number of carbonyl (C=O) groups excluding carboxylic acids is 1. The van der Waals surface area contributed by atoms with Crippen LogP contribution in [0.1, 0.15) is 80.0 Å². The molecule has 0 N–H and O–H groups in total. The first-order chi connectivity index (χ1) is 18.8. The highest BCUT2D eigenvalue weighted by molar-refractivity contribution is 6.74. The molecule has 1 aliphatic heterocycles. The number of fused-ring (bicyclic) bond motifs is 2. The third-order valence-corrected chi connectivity index (χ3v) is 13.4. The van der Waals surface area contributed by atoms with Crippen LogP contribution in [-0.4, -0.2) is 48.5 Å². The van der Waals surface area contributed by atoms with E-state index in [9.17, 15) is 4.79 Å². The van der Waals surface area contributed by atoms with Gasteiger partial charge in [0.15, 0.2) is 8.32 Å². The van der Waals surface area contributed by atoms with Crippen LogP contribution in [0.5, 0.6) is 0 Å². The Labute approximate surface area is 240 Å². The second kappa shape index (κ2) is 11.7. The summed E-state index contributed by atoms with van der Waals surface area (Å²) >= 11 is 0. The van der Waals surface area contributed by atoms with Crippen LogP contribution in [0.4, 0.5) is 0 Å². The highest BCUT2D eigenvalue weighted by Gasteiger charge is 2.37. The minimum absolute atomic E-state index is 0.0955. The van der Waals surface area contributed by atoms with E-state index in [2.05, 4.69) is 77.4 Å². The van der Waals surface area contributed by atoms with Crippen molar-refractivity contribution >= 4 is 25.2 Å². The van der Waals surface area contributed by atoms with Gasteiger partial charge in [0, 0.05) is 42.4 Å². The molecule has 3 aromatic rings. The van der Waals surface area contributed by atoms with E-state index in [0.29, 0.717) is 38.7 Å². The second-order valence-electron chi connectivity index (χ2n) is 12.6. The van der Waals surface area contributed by atoms with Gasteiger partial charge in [-0.05, 0) is 62.4 Å². The lowest BCUT2D eigenvalue weighted by Crippen LogP contribution is -2.41. The molecule has 1 unspecified atom stereocenters. The Morgan fingerprint density at radius 3 is 2.58 bits per heavy atom. The smallest absolute Gasteiger partial charge is 0.355 e. The minimum atomic E-state index is -1.88. The van der Waals surface area contributed by atoms with Crippen molar-refractivity contribution in [3.05, 3.63) is 52.5 Å². The van der Waals surface area contributed by atoms with E-state index in [0.717, 1.165) is 51.0 Å². The standard InChI is InChI=1S/C32H47N3O4Si/c1-11-38-31(36)30-26(22(3)16-19-39-40(9,10)32(5,6)7)24-15-14-21(2)27-28-23(4)34(8)33-25(28)20-37-18-13-12-17-35(30)29(24)27/h12-15,22H,11,16-20H2,1-10H3/b13-12-. The molecule has 1 atom stereocenters. The van der Waals surface area contributed by atoms with Crippen molar-refractivity contribution in [2.24, 2.45) is 7.05 Å². The number of carbonyl (C=O) groups is 1. The van der Waals surface area contributed by atoms with Gasteiger partial charge in [-0.25, -0.2) is 4.79 Å². The van der Waals surface area contributed by atoms with Crippen molar-refractivity contribution < 1.29 is 18.7 Å². The van der Waals surface area contributed by atoms with Crippen LogP contribution in [0.3, 0.4) is 0 Å². The van der Waals surface area contributed by atoms with Crippen molar-refractivity contribution in [1.82, 2.24) is 14.3 Å². The lowest BCUT2D eigenvalue weighted by Gasteiger charge is -2.36. The van der Waals surface area contributed by atoms with Gasteiger partial charge in [-0.1, -0.05) is 52.0 Å². The van der Waals surface area contributed by atoms with Gasteiger partial charge in [0.05, 0.1) is 31.0 Å². The number of aryl methyl sites for hydroxylation is 2. The highest BCUT2D eigenvalue weighted by Crippen LogP contribution is 2.43. The summed E-state index contributed by atoms with van der Waals surface area (Å²) < 4.78 is 22.3. The highest BCUT2D eigenvalue weighted by atomic mass is 28.4. The van der Waals surface area contributed by atoms with Crippen molar-refractivity contribution in [1.29, 1.82) is 0 Å². The summed E-state index contributed by atoms with van der Waals surface area (Å²) in [4.78, 5) is 13.7. The van der Waals surface area contributed by atoms with Gasteiger partial charge < -0.3 is 18.5 Å². The second-order valence-corrected chi connectivity index (χ2v) is 17.4. The predicted octanol–water partition coefficient (Wildman–Crippen LogP) is 7.44. The number of benzene rings is 1. The van der Waals surface area contributed by atoms with Crippen LogP contribution in [0, 0.1) is 13.8 Å². The van der Waals surface area contributed by atoms with E-state index < -0.39 is 8.32 Å². The average molecular weight is 566 g/mol. The number of aromatic nitrogens is 3. The molecule has 0 radical (unpaired) electrons. The van der Waals surface area contributed by atoms with Crippen molar-refractivity contribution in [2.45, 2.75) is 92.1 Å². The molecule has 0 fully saturated rings. The predicted molar refractivity (Wildman–Crippen MR) is 165 cm³/mol. The Bertz CT molecular complexity index is 1420. The van der Waals surface area contributed by atoms with E-state index >= 15 is 0 Å². The van der Waals surface area contributed by atoms with Crippen LogP contribution in [0.25, 0.3) is 22.0 Å². The Kier molecular flexibility index (Phi) is 8.83. The summed E-state index contributed by atoms with van der Waals surface area (Å²) in [6.45, 7) is 22.1. The van der Waals surface area contributed by atoms with Crippen LogP contribution >= 0.6 is 0 Å². The number of esters is 1. The van der Waals surface area contributed by atoms with Gasteiger partial charge in [-0.3, -0.25) is 4.68 Å². The van der Waals surface area contributed by atoms with Crippen LogP contribution in [0.2, 0.25) is 18.1 Å². The first kappa shape index (κ1) is 30.3. The largest absolute Gasteiger partial charge is 0.461 e. The Morgan fingerprint density at radius 2 is 1.90 bits per heavy atom. The van der Waals surface area contributed by atoms with E-state index in [1.165, 1.54) is 0 Å². The summed E-state index contributed by atoms with van der Waals surface area (Å²) in [5.41, 5.74) is 8.05. The third-order valence-electron chi connectivity index (χ3n) is 8.82. The van der Waals surface area contributed by atoms with E-state index in [1.54, 1.807) is 0 Å². The molecule has 4 rings (SSSR count). The van der Waals surface area contributed by atoms with E-state index in [4.69, 9.17) is 19.0 Å². The SMILES string of the molecule is CCOC(=O)c1c(C(C)CCO[Si](C)(C)C(C)(C)C)c2ccc(C)c3c2n1C/C=C\COCc1nn(C)c(C)c1-3. The topological polar surface area (TPSA) is 67.5 Å². The molecule has 7 nitrogen and oxygen atoms in total. The van der Waals surface area contributed by atoms with Crippen molar-refractivity contribution in [3.8, 4) is 11.1 Å². The Morgan fingerprint density at radius 1 is 1.18 bits per heavy atom. The summed E-state index contributed by atoms with van der Waals surface area (Å²) in [5.74, 6) is -0.185. The molecule has 0 spiro atoms. The zero-order valence-electron chi connectivity index (χ0n) is 26.1. The molecule has 8 heteroatoms. The summed E-state index contributed by atoms with van der Waals surface area (Å²) in [5, 5.41) is 6.06. The van der Waals surface area contributed by atoms with Crippen molar-refractivity contribution in [2.75, 3.05) is 19.8 Å². The van der Waals surface area contributed by atoms with Gasteiger partial charge >= 0.3 is 5.97 Å². The molecule has 2 aromatic heterocycles. The molecule has 0 saturated carbocycles. The fourth-order valence-corrected chi connectivity index (χ4v) is 6.48. The molecule has 3 heterocycles. The van der Waals surface area contributed by atoms with Crippen LogP contribution in [0.15, 0.2) is 24.3 Å². The lowest BCUT2D eigenvalue weighted by molar-refractivity contribution is 0.0513. The summed E-state index contributed by atoms with van der Waals surface area (Å²) in [6, 6.07) is 4.35. The maximum atomic E-state index is 13.7. The molecule has 1 aromatic carbocycles. The molecule has 0 aliphatic carbocycles. The molecule has 1 aliphatic rings. The number of hydrogen-bond acceptors (Lipinski definition) is 5. The third kappa shape index (κ3) is 5.58. The fourth-order valence-electron chi connectivity index (χ4n) is 5.42. The molecule has 0 bridgehead atoms. The number of ether oxygens (including phenoxy) is 2. The van der Waals surface area contributed by atoms with Crippen molar-refractivity contribution in [3.63, 3.8) is 0 Å². The van der Waals surface area contributed by atoms with Crippen LogP contribution < -0.4 is 0 Å². The molecule has 0 amide bonds. The summed E-state index contributed by atoms with van der Waals surface area (Å²) in [6.07, 6.45) is 4.93. The number of nitrogens with zero attached hydrogens (tertiary/aromatic N) is 3. The Balaban J connectivity index is 1.96. The minimum Gasteiger partial charge on any atom is -0.461 e. The van der Waals surface area contributed by atoms with Gasteiger partial charge in [0.2, 0.25) is 0 Å². The zero-order chi connectivity index (χ0) is 29.4. The Hall–Kier alpha value is -2.68. The maximum absolute atomic E-state index is 13.7. The van der Waals surface area contributed by atoms with Gasteiger partial charge in [0.1, 0.15) is 5.69 Å². The zero-order valence-corrected chi connectivity index (χ0v) is 27.1. The van der Waals surface area contributed by atoms with Crippen LogP contribution in [-0.2, 0) is 34.1 Å². The molecular formula is C32H47N3O4Si. The van der Waals surface area contributed by atoms with E-state index in [1.807, 2.05) is 24.7 Å². The van der Waals surface area contributed by atoms with Gasteiger partial charge in [-0.2, -0.15) is 5.10 Å². The average Bonchev–Trinajstić information content (AvgIpc) is 3.33. The number of allylic oxidation sites excluding steroid dienone is 1. The first-order valence-electron chi connectivity index (χ1n) is 14.5. The lowest BCUT2D eigenvalue weighted by atomic mass is 9.91.